The first kappa shape index (κ1) is 17.1. The van der Waals surface area contributed by atoms with Crippen LogP contribution in [-0.4, -0.2) is 22.8 Å². The highest BCUT2D eigenvalue weighted by molar-refractivity contribution is 5.87. The molecule has 0 radical (unpaired) electrons. The van der Waals surface area contributed by atoms with Gasteiger partial charge in [0, 0.05) is 6.08 Å². The van der Waals surface area contributed by atoms with Gasteiger partial charge in [-0.15, -0.1) is 0 Å². The topological polar surface area (TPSA) is 66.8 Å². The Bertz CT molecular complexity index is 480. The smallest absolute Gasteiger partial charge is 0.330 e. The van der Waals surface area contributed by atoms with Crippen molar-refractivity contribution in [3.05, 3.63) is 29.8 Å². The minimum absolute atomic E-state index is 0.184. The Hall–Kier alpha value is -1.97. The number of aromatic hydroxyl groups is 2. The van der Waals surface area contributed by atoms with Crippen molar-refractivity contribution in [2.45, 2.75) is 39.5 Å². The number of esters is 1. The maximum absolute atomic E-state index is 11.6. The van der Waals surface area contributed by atoms with Crippen molar-refractivity contribution in [1.82, 2.24) is 0 Å². The third-order valence-corrected chi connectivity index (χ3v) is 3.42. The van der Waals surface area contributed by atoms with Crippen molar-refractivity contribution in [2.24, 2.45) is 5.92 Å². The SMILES string of the molecule is CCCCC(CC)COC(=O)C=Cc1ccc(O)c(O)c1. The summed E-state index contributed by atoms with van der Waals surface area (Å²) < 4.78 is 5.23. The van der Waals surface area contributed by atoms with Gasteiger partial charge in [0.15, 0.2) is 11.5 Å². The van der Waals surface area contributed by atoms with E-state index in [1.54, 1.807) is 12.1 Å². The average molecular weight is 292 g/mol. The highest BCUT2D eigenvalue weighted by atomic mass is 16.5. The molecule has 2 N–H and O–H groups in total. The second-order valence-corrected chi connectivity index (χ2v) is 5.13. The van der Waals surface area contributed by atoms with Crippen LogP contribution in [-0.2, 0) is 9.53 Å². The Morgan fingerprint density at radius 3 is 2.67 bits per heavy atom. The number of unbranched alkanes of at least 4 members (excludes halogenated alkanes) is 1. The lowest BCUT2D eigenvalue weighted by Crippen LogP contribution is -2.12. The molecule has 1 rings (SSSR count). The van der Waals surface area contributed by atoms with Gasteiger partial charge in [-0.05, 0) is 36.1 Å². The summed E-state index contributed by atoms with van der Waals surface area (Å²) in [5.74, 6) is -0.370. The largest absolute Gasteiger partial charge is 0.504 e. The molecule has 116 valence electrons. The third kappa shape index (κ3) is 6.34. The Kier molecular flexibility index (Phi) is 7.37. The van der Waals surface area contributed by atoms with Crippen LogP contribution < -0.4 is 0 Å². The van der Waals surface area contributed by atoms with Gasteiger partial charge in [0.2, 0.25) is 0 Å². The first-order chi connectivity index (χ1) is 10.1. The van der Waals surface area contributed by atoms with Gasteiger partial charge >= 0.3 is 5.97 Å². The maximum Gasteiger partial charge on any atom is 0.330 e. The van der Waals surface area contributed by atoms with Crippen molar-refractivity contribution in [3.8, 4) is 11.5 Å². The number of carbonyl (C=O) groups excluding carboxylic acids is 1. The molecule has 1 aromatic rings. The van der Waals surface area contributed by atoms with Crippen LogP contribution in [0.15, 0.2) is 24.3 Å². The summed E-state index contributed by atoms with van der Waals surface area (Å²) in [5, 5.41) is 18.6. The Morgan fingerprint density at radius 1 is 1.29 bits per heavy atom. The van der Waals surface area contributed by atoms with E-state index in [-0.39, 0.29) is 11.5 Å². The van der Waals surface area contributed by atoms with Crippen LogP contribution in [0.1, 0.15) is 45.1 Å². The molecule has 1 atom stereocenters. The second-order valence-electron chi connectivity index (χ2n) is 5.13. The lowest BCUT2D eigenvalue weighted by molar-refractivity contribution is -0.139. The van der Waals surface area contributed by atoms with Gasteiger partial charge in [-0.1, -0.05) is 39.2 Å². The van der Waals surface area contributed by atoms with E-state index < -0.39 is 5.97 Å². The summed E-state index contributed by atoms with van der Waals surface area (Å²) in [4.78, 5) is 11.6. The molecule has 0 heterocycles. The standard InChI is InChI=1S/C17H24O4/c1-3-5-6-13(4-2)12-21-17(20)10-8-14-7-9-15(18)16(19)11-14/h7-11,13,18-19H,3-6,12H2,1-2H3. The molecule has 4 nitrogen and oxygen atoms in total. The Balaban J connectivity index is 2.45. The maximum atomic E-state index is 11.6. The minimum atomic E-state index is -0.391. The lowest BCUT2D eigenvalue weighted by Gasteiger charge is -2.13. The van der Waals surface area contributed by atoms with E-state index >= 15 is 0 Å². The molecule has 0 aliphatic carbocycles. The van der Waals surface area contributed by atoms with Gasteiger partial charge in [0.25, 0.3) is 0 Å². The highest BCUT2D eigenvalue weighted by Crippen LogP contribution is 2.25. The van der Waals surface area contributed by atoms with Crippen molar-refractivity contribution >= 4 is 12.0 Å². The monoisotopic (exact) mass is 292 g/mol. The number of carbonyl (C=O) groups is 1. The number of hydrogen-bond donors (Lipinski definition) is 2. The Labute approximate surface area is 126 Å². The highest BCUT2D eigenvalue weighted by Gasteiger charge is 2.08. The van der Waals surface area contributed by atoms with E-state index in [4.69, 9.17) is 4.74 Å². The van der Waals surface area contributed by atoms with E-state index in [1.165, 1.54) is 18.2 Å². The fourth-order valence-corrected chi connectivity index (χ4v) is 1.95. The van der Waals surface area contributed by atoms with Gasteiger partial charge in [-0.3, -0.25) is 0 Å². The molecule has 0 amide bonds. The van der Waals surface area contributed by atoms with Gasteiger partial charge in [0.05, 0.1) is 6.61 Å². The van der Waals surface area contributed by atoms with Crippen LogP contribution in [0.3, 0.4) is 0 Å². The molecule has 0 aliphatic heterocycles. The quantitative estimate of drug-likeness (QED) is 0.433. The minimum Gasteiger partial charge on any atom is -0.504 e. The first-order valence-electron chi connectivity index (χ1n) is 7.43. The molecular weight excluding hydrogens is 268 g/mol. The van der Waals surface area contributed by atoms with E-state index in [0.717, 1.165) is 25.7 Å². The van der Waals surface area contributed by atoms with Crippen LogP contribution in [0.25, 0.3) is 6.08 Å². The van der Waals surface area contributed by atoms with Crippen LogP contribution >= 0.6 is 0 Å². The molecule has 4 heteroatoms. The number of ether oxygens (including phenoxy) is 1. The zero-order chi connectivity index (χ0) is 15.7. The average Bonchev–Trinajstić information content (AvgIpc) is 2.48. The molecule has 0 saturated heterocycles. The molecule has 1 unspecified atom stereocenters. The summed E-state index contributed by atoms with van der Waals surface area (Å²) in [5.41, 5.74) is 0.625. The van der Waals surface area contributed by atoms with Gasteiger partial charge in [-0.25, -0.2) is 4.79 Å². The number of benzene rings is 1. The summed E-state index contributed by atoms with van der Waals surface area (Å²) >= 11 is 0. The molecule has 0 bridgehead atoms. The van der Waals surface area contributed by atoms with Crippen molar-refractivity contribution in [1.29, 1.82) is 0 Å². The summed E-state index contributed by atoms with van der Waals surface area (Å²) in [7, 11) is 0. The molecule has 0 spiro atoms. The third-order valence-electron chi connectivity index (χ3n) is 3.42. The molecule has 0 fully saturated rings. The van der Waals surface area contributed by atoms with Gasteiger partial charge in [-0.2, -0.15) is 0 Å². The predicted octanol–water partition coefficient (Wildman–Crippen LogP) is 3.87. The predicted molar refractivity (Wildman–Crippen MR) is 83.1 cm³/mol. The normalized spacial score (nSPS) is 12.5. The fourth-order valence-electron chi connectivity index (χ4n) is 1.95. The molecule has 21 heavy (non-hydrogen) atoms. The van der Waals surface area contributed by atoms with Gasteiger partial charge < -0.3 is 14.9 Å². The van der Waals surface area contributed by atoms with Crippen LogP contribution in [0, 0.1) is 5.92 Å². The summed E-state index contributed by atoms with van der Waals surface area (Å²) in [6, 6.07) is 4.36. The molecular formula is C17H24O4. The molecule has 0 aromatic heterocycles. The van der Waals surface area contributed by atoms with Crippen molar-refractivity contribution in [3.63, 3.8) is 0 Å². The van der Waals surface area contributed by atoms with Gasteiger partial charge in [0.1, 0.15) is 0 Å². The number of rotatable bonds is 8. The van der Waals surface area contributed by atoms with Crippen LogP contribution in [0.4, 0.5) is 0 Å². The van der Waals surface area contributed by atoms with E-state index in [1.807, 2.05) is 0 Å². The molecule has 0 saturated carbocycles. The van der Waals surface area contributed by atoms with Crippen LogP contribution in [0.2, 0.25) is 0 Å². The zero-order valence-corrected chi connectivity index (χ0v) is 12.7. The van der Waals surface area contributed by atoms with E-state index in [2.05, 4.69) is 13.8 Å². The first-order valence-corrected chi connectivity index (χ1v) is 7.43. The zero-order valence-electron chi connectivity index (χ0n) is 12.7. The van der Waals surface area contributed by atoms with Crippen LogP contribution in [0.5, 0.6) is 11.5 Å². The number of phenols is 2. The fraction of sp³-hybridized carbons (Fsp3) is 0.471. The molecule has 0 aliphatic rings. The second kappa shape index (κ2) is 9.06. The summed E-state index contributed by atoms with van der Waals surface area (Å²) in [6.45, 7) is 4.69. The molecule has 1 aromatic carbocycles. The van der Waals surface area contributed by atoms with Crippen molar-refractivity contribution in [2.75, 3.05) is 6.61 Å². The lowest BCUT2D eigenvalue weighted by atomic mass is 10.0. The Morgan fingerprint density at radius 2 is 2.05 bits per heavy atom. The number of hydrogen-bond acceptors (Lipinski definition) is 4. The van der Waals surface area contributed by atoms with E-state index in [0.29, 0.717) is 18.1 Å². The van der Waals surface area contributed by atoms with Crippen molar-refractivity contribution < 1.29 is 19.7 Å². The summed E-state index contributed by atoms with van der Waals surface area (Å²) in [6.07, 6.45) is 7.26. The van der Waals surface area contributed by atoms with E-state index in [9.17, 15) is 15.0 Å². The number of phenolic OH excluding ortho intramolecular Hbond substituents is 2.